The van der Waals surface area contributed by atoms with Gasteiger partial charge in [0.05, 0.1) is 24.2 Å². The summed E-state index contributed by atoms with van der Waals surface area (Å²) in [6.07, 6.45) is 0. The van der Waals surface area contributed by atoms with E-state index in [0.29, 0.717) is 17.1 Å². The van der Waals surface area contributed by atoms with E-state index in [-0.39, 0.29) is 17.5 Å². The Hall–Kier alpha value is -1.47. The molecule has 0 aliphatic rings. The first kappa shape index (κ1) is 15.6. The number of amides is 1. The number of benzene rings is 1. The first-order chi connectivity index (χ1) is 8.88. The van der Waals surface area contributed by atoms with Crippen molar-refractivity contribution in [2.75, 3.05) is 28.8 Å². The van der Waals surface area contributed by atoms with Crippen LogP contribution in [0.5, 0.6) is 5.75 Å². The molecule has 106 valence electrons. The van der Waals surface area contributed by atoms with Gasteiger partial charge in [-0.1, -0.05) is 0 Å². The van der Waals surface area contributed by atoms with Gasteiger partial charge in [-0.2, -0.15) is 0 Å². The number of sulfonamides is 1. The molecule has 0 unspecified atom stereocenters. The molecule has 1 aromatic carbocycles. The molecule has 19 heavy (non-hydrogen) atoms. The Morgan fingerprint density at radius 1 is 1.42 bits per heavy atom. The van der Waals surface area contributed by atoms with E-state index < -0.39 is 10.0 Å². The van der Waals surface area contributed by atoms with Crippen LogP contribution in [0, 0.1) is 0 Å². The lowest BCUT2D eigenvalue weighted by Gasteiger charge is -2.12. The normalized spacial score (nSPS) is 10.9. The number of halogens is 1. The van der Waals surface area contributed by atoms with Crippen LogP contribution in [-0.2, 0) is 14.8 Å². The van der Waals surface area contributed by atoms with Crippen LogP contribution in [0.15, 0.2) is 18.2 Å². The van der Waals surface area contributed by atoms with E-state index in [1.54, 1.807) is 6.07 Å². The second-order valence-electron chi connectivity index (χ2n) is 3.71. The number of ether oxygens (including phenoxy) is 1. The van der Waals surface area contributed by atoms with Crippen molar-refractivity contribution in [1.29, 1.82) is 0 Å². The fourth-order valence-electron chi connectivity index (χ4n) is 1.38. The zero-order valence-corrected chi connectivity index (χ0v) is 12.1. The maximum atomic E-state index is 11.6. The summed E-state index contributed by atoms with van der Waals surface area (Å²) in [5, 5.41) is 2.58. The highest BCUT2D eigenvalue weighted by Gasteiger charge is 2.12. The fourth-order valence-corrected chi connectivity index (χ4v) is 2.78. The summed E-state index contributed by atoms with van der Waals surface area (Å²) in [6.45, 7) is 1.37. The average Bonchev–Trinajstić information content (AvgIpc) is 2.29. The zero-order chi connectivity index (χ0) is 14.5. The summed E-state index contributed by atoms with van der Waals surface area (Å²) >= 11 is 5.40. The van der Waals surface area contributed by atoms with E-state index in [1.165, 1.54) is 26.2 Å². The van der Waals surface area contributed by atoms with Crippen LogP contribution in [0.2, 0.25) is 0 Å². The highest BCUT2D eigenvalue weighted by atomic mass is 35.5. The van der Waals surface area contributed by atoms with Gasteiger partial charge in [-0.15, -0.1) is 11.6 Å². The molecule has 0 atom stereocenters. The van der Waals surface area contributed by atoms with Crippen LogP contribution in [0.3, 0.4) is 0 Å². The lowest BCUT2D eigenvalue weighted by molar-refractivity contribution is -0.114. The van der Waals surface area contributed by atoms with E-state index in [0.717, 1.165) is 0 Å². The summed E-state index contributed by atoms with van der Waals surface area (Å²) < 4.78 is 30.6. The Balaban J connectivity index is 2.97. The van der Waals surface area contributed by atoms with Gasteiger partial charge in [-0.25, -0.2) is 8.42 Å². The third-order valence-electron chi connectivity index (χ3n) is 2.13. The topological polar surface area (TPSA) is 84.5 Å². The second-order valence-corrected chi connectivity index (χ2v) is 5.93. The van der Waals surface area contributed by atoms with Gasteiger partial charge in [0.25, 0.3) is 0 Å². The summed E-state index contributed by atoms with van der Waals surface area (Å²) in [5.74, 6) is -0.0455. The number of carbonyl (C=O) groups is 1. The molecule has 0 saturated heterocycles. The van der Waals surface area contributed by atoms with Gasteiger partial charge < -0.3 is 10.1 Å². The minimum atomic E-state index is -3.47. The Morgan fingerprint density at radius 3 is 2.63 bits per heavy atom. The van der Waals surface area contributed by atoms with Gasteiger partial charge in [0, 0.05) is 18.9 Å². The van der Waals surface area contributed by atoms with E-state index in [1.807, 2.05) is 0 Å². The van der Waals surface area contributed by atoms with Crippen molar-refractivity contribution >= 4 is 38.9 Å². The van der Waals surface area contributed by atoms with E-state index in [2.05, 4.69) is 10.0 Å². The van der Waals surface area contributed by atoms with Crippen molar-refractivity contribution in [3.05, 3.63) is 18.2 Å². The van der Waals surface area contributed by atoms with Crippen LogP contribution < -0.4 is 14.8 Å². The van der Waals surface area contributed by atoms with Crippen LogP contribution in [-0.4, -0.2) is 33.1 Å². The third-order valence-corrected chi connectivity index (χ3v) is 3.83. The monoisotopic (exact) mass is 306 g/mol. The molecule has 1 aromatic rings. The van der Waals surface area contributed by atoms with Gasteiger partial charge in [0.15, 0.2) is 0 Å². The Kier molecular flexibility index (Phi) is 5.44. The van der Waals surface area contributed by atoms with E-state index >= 15 is 0 Å². The molecule has 0 aromatic heterocycles. The van der Waals surface area contributed by atoms with Gasteiger partial charge in [-0.3, -0.25) is 9.52 Å². The molecule has 0 aliphatic heterocycles. The van der Waals surface area contributed by atoms with Crippen LogP contribution in [0.4, 0.5) is 11.4 Å². The molecule has 0 heterocycles. The first-order valence-corrected chi connectivity index (χ1v) is 7.58. The molecule has 0 saturated carbocycles. The van der Waals surface area contributed by atoms with Crippen molar-refractivity contribution in [2.45, 2.75) is 6.92 Å². The Labute approximate surface area is 117 Å². The van der Waals surface area contributed by atoms with Crippen molar-refractivity contribution in [2.24, 2.45) is 0 Å². The maximum absolute atomic E-state index is 11.6. The lowest BCUT2D eigenvalue weighted by atomic mass is 10.2. The molecule has 2 N–H and O–H groups in total. The summed E-state index contributed by atoms with van der Waals surface area (Å²) in [7, 11) is -2.04. The standard InChI is InChI=1S/C11H15ClN2O4S/c1-8(15)13-10-4-3-9(7-11(10)18-2)14-19(16,17)6-5-12/h3-4,7,14H,5-6H2,1-2H3,(H,13,15). The molecule has 8 heteroatoms. The molecule has 0 spiro atoms. The molecule has 0 radical (unpaired) electrons. The molecular weight excluding hydrogens is 292 g/mol. The number of alkyl halides is 1. The highest BCUT2D eigenvalue weighted by molar-refractivity contribution is 7.92. The maximum Gasteiger partial charge on any atom is 0.233 e. The number of methoxy groups -OCH3 is 1. The van der Waals surface area contributed by atoms with Crippen molar-refractivity contribution < 1.29 is 17.9 Å². The molecule has 0 fully saturated rings. The number of carbonyl (C=O) groups excluding carboxylic acids is 1. The van der Waals surface area contributed by atoms with Crippen LogP contribution >= 0.6 is 11.6 Å². The SMILES string of the molecule is COc1cc(NS(=O)(=O)CCCl)ccc1NC(C)=O. The average molecular weight is 307 g/mol. The lowest BCUT2D eigenvalue weighted by Crippen LogP contribution is -2.17. The van der Waals surface area contributed by atoms with Crippen molar-refractivity contribution in [1.82, 2.24) is 0 Å². The number of nitrogens with one attached hydrogen (secondary N) is 2. The number of hydrogen-bond donors (Lipinski definition) is 2. The predicted molar refractivity (Wildman–Crippen MR) is 75.4 cm³/mol. The quantitative estimate of drug-likeness (QED) is 0.782. The second kappa shape index (κ2) is 6.63. The van der Waals surface area contributed by atoms with Crippen molar-refractivity contribution in [3.63, 3.8) is 0 Å². The van der Waals surface area contributed by atoms with Crippen LogP contribution in [0.1, 0.15) is 6.92 Å². The Bertz CT molecular complexity index is 560. The van der Waals surface area contributed by atoms with E-state index in [9.17, 15) is 13.2 Å². The van der Waals surface area contributed by atoms with Gasteiger partial charge >= 0.3 is 0 Å². The Morgan fingerprint density at radius 2 is 2.11 bits per heavy atom. The minimum Gasteiger partial charge on any atom is -0.494 e. The summed E-state index contributed by atoms with van der Waals surface area (Å²) in [5.41, 5.74) is 0.811. The summed E-state index contributed by atoms with van der Waals surface area (Å²) in [6, 6.07) is 4.56. The molecule has 1 rings (SSSR count). The molecule has 1 amide bonds. The molecule has 0 bridgehead atoms. The van der Waals surface area contributed by atoms with Gasteiger partial charge in [0.2, 0.25) is 15.9 Å². The van der Waals surface area contributed by atoms with Gasteiger partial charge in [-0.05, 0) is 12.1 Å². The van der Waals surface area contributed by atoms with Crippen LogP contribution in [0.25, 0.3) is 0 Å². The number of rotatable bonds is 6. The smallest absolute Gasteiger partial charge is 0.233 e. The largest absolute Gasteiger partial charge is 0.494 e. The van der Waals surface area contributed by atoms with Crippen molar-refractivity contribution in [3.8, 4) is 5.75 Å². The first-order valence-electron chi connectivity index (χ1n) is 5.40. The summed E-state index contributed by atoms with van der Waals surface area (Å²) in [4.78, 5) is 11.0. The molecular formula is C11H15ClN2O4S. The molecule has 6 nitrogen and oxygen atoms in total. The minimum absolute atomic E-state index is 0.0104. The molecule has 0 aliphatic carbocycles. The number of anilines is 2. The highest BCUT2D eigenvalue weighted by Crippen LogP contribution is 2.28. The third kappa shape index (κ3) is 4.96. The van der Waals surface area contributed by atoms with Gasteiger partial charge in [0.1, 0.15) is 5.75 Å². The zero-order valence-electron chi connectivity index (χ0n) is 10.6. The van der Waals surface area contributed by atoms with E-state index in [4.69, 9.17) is 16.3 Å². The fraction of sp³-hybridized carbons (Fsp3) is 0.364. The predicted octanol–water partition coefficient (Wildman–Crippen LogP) is 1.63. The number of hydrogen-bond acceptors (Lipinski definition) is 4.